The van der Waals surface area contributed by atoms with Crippen molar-refractivity contribution in [1.82, 2.24) is 15.5 Å². The van der Waals surface area contributed by atoms with Gasteiger partial charge in [0, 0.05) is 5.54 Å². The monoisotopic (exact) mass is 345 g/mol. The highest BCUT2D eigenvalue weighted by Gasteiger charge is 2.49. The van der Waals surface area contributed by atoms with Crippen molar-refractivity contribution in [3.05, 3.63) is 35.4 Å². The lowest BCUT2D eigenvalue weighted by Crippen LogP contribution is -2.48. The number of carbonyl (C=O) groups excluding carboxylic acids is 3. The third-order valence-electron chi connectivity index (χ3n) is 4.25. The molecule has 0 aliphatic carbocycles. The van der Waals surface area contributed by atoms with Crippen molar-refractivity contribution in [3.8, 4) is 0 Å². The molecule has 1 aromatic rings. The molecule has 25 heavy (non-hydrogen) atoms. The Bertz CT molecular complexity index is 689. The number of urea groups is 1. The van der Waals surface area contributed by atoms with Crippen LogP contribution in [0.2, 0.25) is 0 Å². The lowest BCUT2D eigenvalue weighted by Gasteiger charge is -2.24. The summed E-state index contributed by atoms with van der Waals surface area (Å²) in [5, 5.41) is 5.48. The fraction of sp³-hybridized carbons (Fsp3) is 0.526. The highest BCUT2D eigenvalue weighted by Crippen LogP contribution is 2.29. The number of nitrogens with one attached hydrogen (secondary N) is 2. The van der Waals surface area contributed by atoms with Crippen LogP contribution in [0.4, 0.5) is 4.79 Å². The van der Waals surface area contributed by atoms with Crippen LogP contribution in [0.15, 0.2) is 24.3 Å². The first kappa shape index (κ1) is 19.0. The Morgan fingerprint density at radius 2 is 1.76 bits per heavy atom. The van der Waals surface area contributed by atoms with Crippen LogP contribution in [-0.2, 0) is 15.1 Å². The molecule has 0 spiro atoms. The van der Waals surface area contributed by atoms with Gasteiger partial charge in [-0.25, -0.2) is 4.79 Å². The summed E-state index contributed by atoms with van der Waals surface area (Å²) in [4.78, 5) is 38.1. The standard InChI is InChI=1S/C19H27N3O3/c1-12(2)13-7-9-14(10-8-13)19(6)16(24)22(17(25)21-19)11-15(23)20-18(3,4)5/h7-10,12H,11H2,1-6H3,(H,20,23)(H,21,25)/t19-/m0/s1. The molecule has 2 rings (SSSR count). The van der Waals surface area contributed by atoms with E-state index in [1.165, 1.54) is 0 Å². The zero-order valence-electron chi connectivity index (χ0n) is 15.8. The maximum Gasteiger partial charge on any atom is 0.325 e. The quantitative estimate of drug-likeness (QED) is 0.823. The van der Waals surface area contributed by atoms with Gasteiger partial charge in [0.1, 0.15) is 12.1 Å². The maximum atomic E-state index is 12.8. The first-order valence-corrected chi connectivity index (χ1v) is 8.49. The predicted octanol–water partition coefficient (Wildman–Crippen LogP) is 2.49. The Morgan fingerprint density at radius 1 is 1.20 bits per heavy atom. The van der Waals surface area contributed by atoms with E-state index in [0.717, 1.165) is 10.5 Å². The maximum absolute atomic E-state index is 12.8. The number of nitrogens with zero attached hydrogens (tertiary/aromatic N) is 1. The molecule has 0 saturated carbocycles. The van der Waals surface area contributed by atoms with Crippen molar-refractivity contribution < 1.29 is 14.4 Å². The van der Waals surface area contributed by atoms with Crippen LogP contribution in [0.3, 0.4) is 0 Å². The van der Waals surface area contributed by atoms with E-state index in [0.29, 0.717) is 11.5 Å². The number of hydrogen-bond acceptors (Lipinski definition) is 3. The summed E-state index contributed by atoms with van der Waals surface area (Å²) in [6.45, 7) is 11.1. The van der Waals surface area contributed by atoms with Gasteiger partial charge in [0.15, 0.2) is 0 Å². The lowest BCUT2D eigenvalue weighted by atomic mass is 9.90. The van der Waals surface area contributed by atoms with Gasteiger partial charge in [0.05, 0.1) is 0 Å². The van der Waals surface area contributed by atoms with Crippen molar-refractivity contribution in [2.24, 2.45) is 0 Å². The molecule has 1 heterocycles. The van der Waals surface area contributed by atoms with Gasteiger partial charge in [0.25, 0.3) is 5.91 Å². The molecule has 4 amide bonds. The molecule has 0 radical (unpaired) electrons. The average molecular weight is 345 g/mol. The molecule has 0 unspecified atom stereocenters. The number of hydrogen-bond donors (Lipinski definition) is 2. The zero-order valence-corrected chi connectivity index (χ0v) is 15.8. The number of amides is 4. The largest absolute Gasteiger partial charge is 0.350 e. The molecule has 0 aromatic heterocycles. The van der Waals surface area contributed by atoms with E-state index in [2.05, 4.69) is 24.5 Å². The van der Waals surface area contributed by atoms with E-state index in [9.17, 15) is 14.4 Å². The van der Waals surface area contributed by atoms with E-state index in [1.54, 1.807) is 6.92 Å². The van der Waals surface area contributed by atoms with Crippen LogP contribution in [0, 0.1) is 0 Å². The summed E-state index contributed by atoms with van der Waals surface area (Å²) in [5.74, 6) is -0.400. The summed E-state index contributed by atoms with van der Waals surface area (Å²) in [6.07, 6.45) is 0. The third-order valence-corrected chi connectivity index (χ3v) is 4.25. The fourth-order valence-corrected chi connectivity index (χ4v) is 2.84. The molecule has 6 nitrogen and oxygen atoms in total. The van der Waals surface area contributed by atoms with Crippen molar-refractivity contribution in [2.45, 2.75) is 58.5 Å². The molecule has 1 aromatic carbocycles. The van der Waals surface area contributed by atoms with Crippen LogP contribution in [0.25, 0.3) is 0 Å². The molecule has 1 aliphatic heterocycles. The number of imide groups is 1. The summed E-state index contributed by atoms with van der Waals surface area (Å²) in [7, 11) is 0. The molecular weight excluding hydrogens is 318 g/mol. The Kier molecular flexibility index (Phi) is 4.93. The van der Waals surface area contributed by atoms with Gasteiger partial charge in [-0.1, -0.05) is 38.1 Å². The highest BCUT2D eigenvalue weighted by molar-refractivity contribution is 6.09. The minimum Gasteiger partial charge on any atom is -0.350 e. The SMILES string of the molecule is CC(C)c1ccc([C@]2(C)NC(=O)N(CC(=O)NC(C)(C)C)C2=O)cc1. The minimum absolute atomic E-state index is 0.290. The van der Waals surface area contributed by atoms with E-state index in [1.807, 2.05) is 45.0 Å². The Labute approximate surface area is 149 Å². The van der Waals surface area contributed by atoms with Crippen LogP contribution >= 0.6 is 0 Å². The van der Waals surface area contributed by atoms with Crippen LogP contribution in [0.1, 0.15) is 58.6 Å². The normalized spacial score (nSPS) is 20.8. The van der Waals surface area contributed by atoms with Gasteiger partial charge >= 0.3 is 6.03 Å². The fourth-order valence-electron chi connectivity index (χ4n) is 2.84. The molecule has 1 aliphatic rings. The highest BCUT2D eigenvalue weighted by atomic mass is 16.2. The van der Waals surface area contributed by atoms with E-state index >= 15 is 0 Å². The lowest BCUT2D eigenvalue weighted by molar-refractivity contribution is -0.135. The molecule has 1 saturated heterocycles. The topological polar surface area (TPSA) is 78.5 Å². The van der Waals surface area contributed by atoms with Gasteiger partial charge in [-0.05, 0) is 44.7 Å². The molecular formula is C19H27N3O3. The third kappa shape index (κ3) is 4.00. The number of carbonyl (C=O) groups is 3. The van der Waals surface area contributed by atoms with Crippen molar-refractivity contribution in [1.29, 1.82) is 0 Å². The van der Waals surface area contributed by atoms with Crippen LogP contribution in [0.5, 0.6) is 0 Å². The molecule has 1 atom stereocenters. The van der Waals surface area contributed by atoms with Crippen molar-refractivity contribution in [2.75, 3.05) is 6.54 Å². The molecule has 136 valence electrons. The molecule has 1 fully saturated rings. The molecule has 2 N–H and O–H groups in total. The smallest absolute Gasteiger partial charge is 0.325 e. The number of rotatable bonds is 4. The van der Waals surface area contributed by atoms with Crippen LogP contribution in [-0.4, -0.2) is 34.8 Å². The summed E-state index contributed by atoms with van der Waals surface area (Å²) < 4.78 is 0. The minimum atomic E-state index is -1.16. The Morgan fingerprint density at radius 3 is 2.24 bits per heavy atom. The Balaban J connectivity index is 2.20. The Hall–Kier alpha value is -2.37. The molecule has 0 bridgehead atoms. The average Bonchev–Trinajstić information content (AvgIpc) is 2.70. The summed E-state index contributed by atoms with van der Waals surface area (Å²) in [5.41, 5.74) is 0.278. The second kappa shape index (κ2) is 6.50. The first-order valence-electron chi connectivity index (χ1n) is 8.49. The zero-order chi connectivity index (χ0) is 19.0. The van der Waals surface area contributed by atoms with E-state index < -0.39 is 23.0 Å². The predicted molar refractivity (Wildman–Crippen MR) is 96.0 cm³/mol. The van der Waals surface area contributed by atoms with Gasteiger partial charge < -0.3 is 10.6 Å². The van der Waals surface area contributed by atoms with E-state index in [4.69, 9.17) is 0 Å². The second-order valence-electron chi connectivity index (χ2n) is 8.02. The second-order valence-corrected chi connectivity index (χ2v) is 8.02. The number of benzene rings is 1. The summed E-state index contributed by atoms with van der Waals surface area (Å²) >= 11 is 0. The van der Waals surface area contributed by atoms with Gasteiger partial charge in [-0.2, -0.15) is 0 Å². The summed E-state index contributed by atoms with van der Waals surface area (Å²) in [6, 6.07) is 7.07. The van der Waals surface area contributed by atoms with Crippen molar-refractivity contribution in [3.63, 3.8) is 0 Å². The van der Waals surface area contributed by atoms with Gasteiger partial charge in [-0.15, -0.1) is 0 Å². The van der Waals surface area contributed by atoms with Crippen LogP contribution < -0.4 is 10.6 Å². The van der Waals surface area contributed by atoms with Gasteiger partial charge in [0.2, 0.25) is 5.91 Å². The van der Waals surface area contributed by atoms with Crippen molar-refractivity contribution >= 4 is 17.8 Å². The van der Waals surface area contributed by atoms with E-state index in [-0.39, 0.29) is 12.5 Å². The first-order chi connectivity index (χ1) is 11.4. The van der Waals surface area contributed by atoms with Gasteiger partial charge in [-0.3, -0.25) is 14.5 Å². The molecule has 6 heteroatoms.